The van der Waals surface area contributed by atoms with E-state index in [0.717, 1.165) is 12.5 Å². The van der Waals surface area contributed by atoms with Crippen LogP contribution in [0.4, 0.5) is 0 Å². The maximum atomic E-state index is 12.5. The van der Waals surface area contributed by atoms with Crippen molar-refractivity contribution in [2.24, 2.45) is 5.92 Å². The van der Waals surface area contributed by atoms with Crippen molar-refractivity contribution in [3.8, 4) is 0 Å². The van der Waals surface area contributed by atoms with Gasteiger partial charge in [-0.1, -0.05) is 39.0 Å². The Morgan fingerprint density at radius 1 is 1.05 bits per heavy atom. The van der Waals surface area contributed by atoms with Gasteiger partial charge in [0.1, 0.15) is 0 Å². The van der Waals surface area contributed by atoms with Crippen molar-refractivity contribution in [2.75, 3.05) is 13.1 Å². The van der Waals surface area contributed by atoms with Crippen molar-refractivity contribution in [3.63, 3.8) is 0 Å². The first-order valence-corrected chi connectivity index (χ1v) is 8.75. The summed E-state index contributed by atoms with van der Waals surface area (Å²) in [7, 11) is 0. The number of likely N-dealkylation sites (N-methyl/N-ethyl adjacent to an activating group) is 1. The molecule has 116 valence electrons. The fourth-order valence-corrected chi connectivity index (χ4v) is 3.97. The average molecular weight is 280 g/mol. The molecule has 3 nitrogen and oxygen atoms in total. The van der Waals surface area contributed by atoms with Gasteiger partial charge in [-0.3, -0.25) is 4.79 Å². The number of nitrogens with one attached hydrogen (secondary N) is 1. The van der Waals surface area contributed by atoms with Gasteiger partial charge >= 0.3 is 0 Å². The molecule has 2 rings (SSSR count). The lowest BCUT2D eigenvalue weighted by atomic mass is 9.86. The standard InChI is InChI=1S/C17H32N2O/c1-3-19(15-10-5-4-6-11-15)17(20)13-18-16-12-8-7-9-14(16)2/h14-16,18H,3-13H2,1-2H3. The number of hydrogen-bond donors (Lipinski definition) is 1. The lowest BCUT2D eigenvalue weighted by Gasteiger charge is -2.35. The van der Waals surface area contributed by atoms with E-state index >= 15 is 0 Å². The van der Waals surface area contributed by atoms with E-state index in [4.69, 9.17) is 0 Å². The minimum Gasteiger partial charge on any atom is -0.339 e. The summed E-state index contributed by atoms with van der Waals surface area (Å²) in [5.41, 5.74) is 0. The van der Waals surface area contributed by atoms with Crippen LogP contribution < -0.4 is 5.32 Å². The second kappa shape index (κ2) is 8.02. The zero-order chi connectivity index (χ0) is 14.4. The zero-order valence-corrected chi connectivity index (χ0v) is 13.4. The third-order valence-electron chi connectivity index (χ3n) is 5.30. The van der Waals surface area contributed by atoms with Gasteiger partial charge in [0.2, 0.25) is 5.91 Å². The molecule has 0 spiro atoms. The molecule has 2 aliphatic rings. The normalized spacial score (nSPS) is 28.3. The lowest BCUT2D eigenvalue weighted by Crippen LogP contribution is -2.48. The number of carbonyl (C=O) groups excluding carboxylic acids is 1. The topological polar surface area (TPSA) is 32.3 Å². The molecule has 0 bridgehead atoms. The van der Waals surface area contributed by atoms with Crippen molar-refractivity contribution in [1.29, 1.82) is 0 Å². The highest BCUT2D eigenvalue weighted by Gasteiger charge is 2.26. The van der Waals surface area contributed by atoms with Crippen LogP contribution in [-0.2, 0) is 4.79 Å². The Labute approximate surface area is 124 Å². The summed E-state index contributed by atoms with van der Waals surface area (Å²) in [6.07, 6.45) is 11.6. The summed E-state index contributed by atoms with van der Waals surface area (Å²) in [6.45, 7) is 5.85. The number of amides is 1. The second-order valence-corrected chi connectivity index (χ2v) is 6.72. The summed E-state index contributed by atoms with van der Waals surface area (Å²) in [5, 5.41) is 3.53. The van der Waals surface area contributed by atoms with Crippen LogP contribution in [0.1, 0.15) is 71.6 Å². The molecule has 2 aliphatic carbocycles. The van der Waals surface area contributed by atoms with Crippen molar-refractivity contribution in [1.82, 2.24) is 10.2 Å². The molecular formula is C17H32N2O. The molecule has 2 unspecified atom stereocenters. The van der Waals surface area contributed by atoms with Gasteiger partial charge < -0.3 is 10.2 Å². The van der Waals surface area contributed by atoms with Crippen molar-refractivity contribution in [2.45, 2.75) is 83.7 Å². The fraction of sp³-hybridized carbons (Fsp3) is 0.941. The largest absolute Gasteiger partial charge is 0.339 e. The maximum Gasteiger partial charge on any atom is 0.236 e. The Kier molecular flexibility index (Phi) is 6.34. The molecule has 0 aromatic rings. The number of rotatable bonds is 5. The molecule has 1 N–H and O–H groups in total. The van der Waals surface area contributed by atoms with E-state index in [1.165, 1.54) is 57.8 Å². The van der Waals surface area contributed by atoms with Crippen LogP contribution in [0.2, 0.25) is 0 Å². The van der Waals surface area contributed by atoms with E-state index in [1.54, 1.807) is 0 Å². The van der Waals surface area contributed by atoms with E-state index in [2.05, 4.69) is 24.1 Å². The van der Waals surface area contributed by atoms with Crippen LogP contribution in [-0.4, -0.2) is 36.0 Å². The SMILES string of the molecule is CCN(C(=O)CNC1CCCCC1C)C1CCCCC1. The maximum absolute atomic E-state index is 12.5. The second-order valence-electron chi connectivity index (χ2n) is 6.72. The molecule has 2 saturated carbocycles. The van der Waals surface area contributed by atoms with Crippen LogP contribution in [0.3, 0.4) is 0 Å². The number of nitrogens with zero attached hydrogens (tertiary/aromatic N) is 1. The Balaban J connectivity index is 1.79. The highest BCUT2D eigenvalue weighted by atomic mass is 16.2. The monoisotopic (exact) mass is 280 g/mol. The lowest BCUT2D eigenvalue weighted by molar-refractivity contribution is -0.133. The average Bonchev–Trinajstić information content (AvgIpc) is 2.48. The highest BCUT2D eigenvalue weighted by Crippen LogP contribution is 2.24. The van der Waals surface area contributed by atoms with E-state index in [9.17, 15) is 4.79 Å². The first-order valence-electron chi connectivity index (χ1n) is 8.75. The van der Waals surface area contributed by atoms with Gasteiger partial charge in [0.25, 0.3) is 0 Å². The molecule has 0 aliphatic heterocycles. The van der Waals surface area contributed by atoms with Gasteiger partial charge in [-0.25, -0.2) is 0 Å². The number of hydrogen-bond acceptors (Lipinski definition) is 2. The molecule has 3 heteroatoms. The third kappa shape index (κ3) is 4.21. The zero-order valence-electron chi connectivity index (χ0n) is 13.4. The summed E-state index contributed by atoms with van der Waals surface area (Å²) >= 11 is 0. The number of carbonyl (C=O) groups is 1. The van der Waals surface area contributed by atoms with Crippen molar-refractivity contribution in [3.05, 3.63) is 0 Å². The molecule has 1 amide bonds. The predicted octanol–water partition coefficient (Wildman–Crippen LogP) is 3.34. The summed E-state index contributed by atoms with van der Waals surface area (Å²) in [5.74, 6) is 1.04. The van der Waals surface area contributed by atoms with Gasteiger partial charge in [0, 0.05) is 18.6 Å². The summed E-state index contributed by atoms with van der Waals surface area (Å²) in [4.78, 5) is 14.6. The van der Waals surface area contributed by atoms with Gasteiger partial charge in [0.05, 0.1) is 6.54 Å². The summed E-state index contributed by atoms with van der Waals surface area (Å²) < 4.78 is 0. The first-order chi connectivity index (χ1) is 9.72. The Bertz CT molecular complexity index is 299. The van der Waals surface area contributed by atoms with Crippen LogP contribution in [0.15, 0.2) is 0 Å². The molecule has 0 aromatic carbocycles. The van der Waals surface area contributed by atoms with Crippen molar-refractivity contribution < 1.29 is 4.79 Å². The molecule has 0 aromatic heterocycles. The molecule has 20 heavy (non-hydrogen) atoms. The predicted molar refractivity (Wildman–Crippen MR) is 83.7 cm³/mol. The first kappa shape index (κ1) is 15.8. The van der Waals surface area contributed by atoms with Gasteiger partial charge in [0.15, 0.2) is 0 Å². The van der Waals surface area contributed by atoms with Crippen LogP contribution in [0.5, 0.6) is 0 Å². The van der Waals surface area contributed by atoms with E-state index in [1.807, 2.05) is 0 Å². The minimum absolute atomic E-state index is 0.317. The minimum atomic E-state index is 0.317. The summed E-state index contributed by atoms with van der Waals surface area (Å²) in [6, 6.07) is 1.06. The van der Waals surface area contributed by atoms with Gasteiger partial charge in [-0.2, -0.15) is 0 Å². The van der Waals surface area contributed by atoms with Crippen LogP contribution in [0.25, 0.3) is 0 Å². The van der Waals surface area contributed by atoms with E-state index in [0.29, 0.717) is 24.5 Å². The quantitative estimate of drug-likeness (QED) is 0.837. The Morgan fingerprint density at radius 2 is 1.70 bits per heavy atom. The van der Waals surface area contributed by atoms with Crippen LogP contribution >= 0.6 is 0 Å². The molecule has 0 saturated heterocycles. The highest BCUT2D eigenvalue weighted by molar-refractivity contribution is 5.78. The van der Waals surface area contributed by atoms with Gasteiger partial charge in [-0.05, 0) is 38.5 Å². The molecule has 0 radical (unpaired) electrons. The fourth-order valence-electron chi connectivity index (χ4n) is 3.97. The molecule has 0 heterocycles. The molecule has 2 atom stereocenters. The Hall–Kier alpha value is -0.570. The van der Waals surface area contributed by atoms with Gasteiger partial charge in [-0.15, -0.1) is 0 Å². The van der Waals surface area contributed by atoms with Crippen LogP contribution in [0, 0.1) is 5.92 Å². The smallest absolute Gasteiger partial charge is 0.236 e. The third-order valence-corrected chi connectivity index (χ3v) is 5.30. The van der Waals surface area contributed by atoms with Crippen molar-refractivity contribution >= 4 is 5.91 Å². The molecule has 2 fully saturated rings. The van der Waals surface area contributed by atoms with E-state index < -0.39 is 0 Å². The molecular weight excluding hydrogens is 248 g/mol. The van der Waals surface area contributed by atoms with E-state index in [-0.39, 0.29) is 0 Å². The Morgan fingerprint density at radius 3 is 2.35 bits per heavy atom.